The maximum absolute atomic E-state index is 12.2. The van der Waals surface area contributed by atoms with Gasteiger partial charge in [-0.2, -0.15) is 0 Å². The average molecular weight is 482 g/mol. The summed E-state index contributed by atoms with van der Waals surface area (Å²) < 4.78 is 6.12. The number of anilines is 1. The second kappa shape index (κ2) is 11.1. The number of carbonyl (C=O) groups excluding carboxylic acids is 1. The van der Waals surface area contributed by atoms with Crippen LogP contribution in [0.4, 0.5) is 11.4 Å². The summed E-state index contributed by atoms with van der Waals surface area (Å²) in [6.07, 6.45) is 2.15. The fraction of sp³-hybridized carbons (Fsp3) is 0.609. The van der Waals surface area contributed by atoms with Gasteiger partial charge in [0, 0.05) is 26.4 Å². The fourth-order valence-electron chi connectivity index (χ4n) is 3.27. The van der Waals surface area contributed by atoms with Gasteiger partial charge < -0.3 is 14.5 Å². The maximum atomic E-state index is 12.2. The van der Waals surface area contributed by atoms with Crippen LogP contribution in [-0.4, -0.2) is 58.1 Å². The van der Waals surface area contributed by atoms with E-state index in [2.05, 4.69) is 29.7 Å². The van der Waals surface area contributed by atoms with Crippen LogP contribution < -0.4 is 4.90 Å². The number of para-hydroxylation sites is 2. The lowest BCUT2D eigenvalue weighted by Crippen LogP contribution is -2.47. The van der Waals surface area contributed by atoms with Crippen molar-refractivity contribution in [2.45, 2.75) is 53.1 Å². The number of esters is 1. The number of amidine groups is 1. The van der Waals surface area contributed by atoms with E-state index < -0.39 is 5.60 Å². The van der Waals surface area contributed by atoms with Crippen LogP contribution in [0, 0.1) is 5.41 Å². The molecule has 1 aliphatic heterocycles. The van der Waals surface area contributed by atoms with Gasteiger partial charge in [0.1, 0.15) is 9.92 Å². The first-order chi connectivity index (χ1) is 14.5. The van der Waals surface area contributed by atoms with Gasteiger partial charge in [-0.1, -0.05) is 61.7 Å². The Bertz CT molecular complexity index is 815. The standard InChI is InChI=1S/C23H35N3O2S3/c1-8-23(9-2)15-26(21(29)30-14-19(27)28-22(3,4)5)20(31-16-23)24-17-12-10-11-13-18(17)25(6)7/h10-13H,8-9,14-16H2,1-7H3. The molecule has 0 saturated carbocycles. The van der Waals surface area contributed by atoms with E-state index in [-0.39, 0.29) is 17.1 Å². The van der Waals surface area contributed by atoms with Gasteiger partial charge in [-0.3, -0.25) is 4.79 Å². The molecule has 0 aliphatic carbocycles. The van der Waals surface area contributed by atoms with Gasteiger partial charge >= 0.3 is 5.97 Å². The molecule has 0 aromatic heterocycles. The lowest BCUT2D eigenvalue weighted by Gasteiger charge is -2.42. The molecule has 0 radical (unpaired) electrons. The van der Waals surface area contributed by atoms with Crippen LogP contribution in [0.1, 0.15) is 47.5 Å². The van der Waals surface area contributed by atoms with E-state index in [1.165, 1.54) is 11.8 Å². The molecule has 1 heterocycles. The Hall–Kier alpha value is -1.25. The minimum Gasteiger partial charge on any atom is -0.459 e. The van der Waals surface area contributed by atoms with E-state index in [4.69, 9.17) is 21.9 Å². The first-order valence-electron chi connectivity index (χ1n) is 10.6. The van der Waals surface area contributed by atoms with Crippen LogP contribution in [-0.2, 0) is 9.53 Å². The third kappa shape index (κ3) is 7.39. The van der Waals surface area contributed by atoms with E-state index in [1.807, 2.05) is 53.1 Å². The van der Waals surface area contributed by atoms with Crippen LogP contribution in [0.5, 0.6) is 0 Å². The molecule has 1 saturated heterocycles. The Morgan fingerprint density at radius 3 is 2.52 bits per heavy atom. The zero-order chi connectivity index (χ0) is 23.2. The number of ether oxygens (including phenoxy) is 1. The monoisotopic (exact) mass is 481 g/mol. The van der Waals surface area contributed by atoms with Crippen molar-refractivity contribution in [2.24, 2.45) is 10.4 Å². The second-order valence-corrected chi connectivity index (χ2v) is 11.6. The summed E-state index contributed by atoms with van der Waals surface area (Å²) in [6.45, 7) is 10.9. The number of nitrogens with zero attached hydrogens (tertiary/aromatic N) is 3. The van der Waals surface area contributed by atoms with Crippen molar-refractivity contribution in [1.29, 1.82) is 0 Å². The smallest absolute Gasteiger partial charge is 0.316 e. The molecule has 1 fully saturated rings. The largest absolute Gasteiger partial charge is 0.459 e. The molecule has 0 atom stereocenters. The predicted octanol–water partition coefficient (Wildman–Crippen LogP) is 5.96. The Labute approximate surface area is 201 Å². The second-order valence-electron chi connectivity index (χ2n) is 9.00. The van der Waals surface area contributed by atoms with Crippen molar-refractivity contribution in [2.75, 3.05) is 37.0 Å². The molecule has 172 valence electrons. The SMILES string of the molecule is CCC1(CC)CSC(=Nc2ccccc2N(C)C)N(C(=S)SCC(=O)OC(C)(C)C)C1. The number of hydrogen-bond donors (Lipinski definition) is 0. The number of thiocarbonyl (C=S) groups is 1. The molecule has 0 unspecified atom stereocenters. The summed E-state index contributed by atoms with van der Waals surface area (Å²) in [5.41, 5.74) is 1.66. The van der Waals surface area contributed by atoms with Crippen LogP contribution in [0.2, 0.25) is 0 Å². The van der Waals surface area contributed by atoms with Gasteiger partial charge in [-0.05, 0) is 51.2 Å². The first kappa shape index (κ1) is 26.0. The van der Waals surface area contributed by atoms with Gasteiger partial charge in [0.05, 0.1) is 17.1 Å². The molecule has 0 amide bonds. The number of aliphatic imine (C=N–C) groups is 1. The number of rotatable bonds is 6. The minimum atomic E-state index is -0.498. The molecule has 1 aromatic rings. The highest BCUT2D eigenvalue weighted by Crippen LogP contribution is 2.40. The number of benzene rings is 1. The Balaban J connectivity index is 2.28. The van der Waals surface area contributed by atoms with Crippen LogP contribution in [0.15, 0.2) is 29.3 Å². The van der Waals surface area contributed by atoms with Crippen molar-refractivity contribution < 1.29 is 9.53 Å². The molecule has 31 heavy (non-hydrogen) atoms. The van der Waals surface area contributed by atoms with Crippen molar-refractivity contribution in [1.82, 2.24) is 4.90 Å². The van der Waals surface area contributed by atoms with Crippen LogP contribution in [0.3, 0.4) is 0 Å². The summed E-state index contributed by atoms with van der Waals surface area (Å²) >= 11 is 8.90. The molecule has 2 rings (SSSR count). The van der Waals surface area contributed by atoms with Gasteiger partial charge in [-0.25, -0.2) is 4.99 Å². The topological polar surface area (TPSA) is 45.1 Å². The van der Waals surface area contributed by atoms with Crippen LogP contribution >= 0.6 is 35.7 Å². The zero-order valence-electron chi connectivity index (χ0n) is 19.7. The summed E-state index contributed by atoms with van der Waals surface area (Å²) in [5, 5.41) is 0.897. The molecule has 5 nitrogen and oxygen atoms in total. The summed E-state index contributed by atoms with van der Waals surface area (Å²) in [4.78, 5) is 21.4. The molecular weight excluding hydrogens is 446 g/mol. The molecule has 1 aromatic carbocycles. The minimum absolute atomic E-state index is 0.182. The number of thioether (sulfide) groups is 2. The van der Waals surface area contributed by atoms with E-state index in [9.17, 15) is 4.79 Å². The Kier molecular flexibility index (Phi) is 9.27. The van der Waals surface area contributed by atoms with Gasteiger partial charge in [0.25, 0.3) is 0 Å². The number of hydrogen-bond acceptors (Lipinski definition) is 7. The lowest BCUT2D eigenvalue weighted by atomic mass is 9.84. The van der Waals surface area contributed by atoms with Crippen molar-refractivity contribution in [3.63, 3.8) is 0 Å². The predicted molar refractivity (Wildman–Crippen MR) is 141 cm³/mol. The highest BCUT2D eigenvalue weighted by molar-refractivity contribution is 8.23. The van der Waals surface area contributed by atoms with Crippen LogP contribution in [0.25, 0.3) is 0 Å². The summed E-state index contributed by atoms with van der Waals surface area (Å²) in [7, 11) is 4.04. The van der Waals surface area contributed by atoms with Crippen molar-refractivity contribution >= 4 is 62.6 Å². The van der Waals surface area contributed by atoms with E-state index in [0.717, 1.165) is 41.7 Å². The summed E-state index contributed by atoms with van der Waals surface area (Å²) in [5.74, 6) is 0.960. The van der Waals surface area contributed by atoms with Crippen molar-refractivity contribution in [3.05, 3.63) is 24.3 Å². The van der Waals surface area contributed by atoms with E-state index >= 15 is 0 Å². The van der Waals surface area contributed by atoms with E-state index in [0.29, 0.717) is 4.32 Å². The summed E-state index contributed by atoms with van der Waals surface area (Å²) in [6, 6.07) is 8.11. The normalized spacial score (nSPS) is 17.5. The number of carbonyl (C=O) groups is 1. The van der Waals surface area contributed by atoms with Crippen molar-refractivity contribution in [3.8, 4) is 0 Å². The molecule has 0 spiro atoms. The first-order valence-corrected chi connectivity index (χ1v) is 13.0. The Morgan fingerprint density at radius 2 is 1.94 bits per heavy atom. The molecule has 0 bridgehead atoms. The molecule has 0 N–H and O–H groups in total. The third-order valence-corrected chi connectivity index (χ3v) is 8.01. The lowest BCUT2D eigenvalue weighted by molar-refractivity contribution is -0.151. The van der Waals surface area contributed by atoms with Gasteiger partial charge in [0.15, 0.2) is 5.17 Å². The quantitative estimate of drug-likeness (QED) is 0.367. The highest BCUT2D eigenvalue weighted by Gasteiger charge is 2.37. The molecule has 1 aliphatic rings. The highest BCUT2D eigenvalue weighted by atomic mass is 32.2. The molecule has 8 heteroatoms. The third-order valence-electron chi connectivity index (χ3n) is 5.27. The molecular formula is C23H35N3O2S3. The fourth-order valence-corrected chi connectivity index (χ4v) is 5.73. The zero-order valence-corrected chi connectivity index (χ0v) is 22.2. The average Bonchev–Trinajstić information content (AvgIpc) is 2.71. The van der Waals surface area contributed by atoms with E-state index in [1.54, 1.807) is 11.8 Å². The van der Waals surface area contributed by atoms with Gasteiger partial charge in [-0.15, -0.1) is 0 Å². The Morgan fingerprint density at radius 1 is 1.29 bits per heavy atom. The maximum Gasteiger partial charge on any atom is 0.316 e. The van der Waals surface area contributed by atoms with Gasteiger partial charge in [0.2, 0.25) is 0 Å².